The molecule has 0 aliphatic carbocycles. The lowest BCUT2D eigenvalue weighted by atomic mass is 10.2. The molecule has 3 aromatic carbocycles. The molecule has 0 bridgehead atoms. The predicted octanol–water partition coefficient (Wildman–Crippen LogP) is 3.11. The maximum atomic E-state index is 13.1. The summed E-state index contributed by atoms with van der Waals surface area (Å²) in [6, 6.07) is 17.2. The van der Waals surface area contributed by atoms with Crippen LogP contribution < -0.4 is 14.8 Å². The van der Waals surface area contributed by atoms with Gasteiger partial charge in [0, 0.05) is 12.1 Å². The maximum absolute atomic E-state index is 13.1. The van der Waals surface area contributed by atoms with Crippen LogP contribution in [0.3, 0.4) is 0 Å². The molecule has 172 valence electrons. The molecule has 0 fully saturated rings. The van der Waals surface area contributed by atoms with Gasteiger partial charge in [0.05, 0.1) is 23.3 Å². The van der Waals surface area contributed by atoms with Crippen LogP contribution in [0.2, 0.25) is 0 Å². The Labute approximate surface area is 190 Å². The van der Waals surface area contributed by atoms with Crippen molar-refractivity contribution in [3.05, 3.63) is 89.7 Å². The standard InChI is InChI=1S/C23H21FN2O6S/c1-31-21-9-5-2-6-16(21)14-25-22(27)15-32-23(28)19-7-3-4-8-20(19)26-33(29,30)18-12-10-17(24)11-13-18/h2-13,26H,14-15H2,1H3,(H,25,27). The van der Waals surface area contributed by atoms with E-state index in [4.69, 9.17) is 9.47 Å². The molecule has 8 nitrogen and oxygen atoms in total. The van der Waals surface area contributed by atoms with Crippen LogP contribution in [0.25, 0.3) is 0 Å². The highest BCUT2D eigenvalue weighted by Gasteiger charge is 2.20. The number of anilines is 1. The molecule has 33 heavy (non-hydrogen) atoms. The van der Waals surface area contributed by atoms with E-state index >= 15 is 0 Å². The van der Waals surface area contributed by atoms with Crippen molar-refractivity contribution in [1.29, 1.82) is 0 Å². The summed E-state index contributed by atoms with van der Waals surface area (Å²) in [7, 11) is -2.56. The average molecular weight is 472 g/mol. The summed E-state index contributed by atoms with van der Waals surface area (Å²) in [5.41, 5.74) is 0.627. The smallest absolute Gasteiger partial charge is 0.340 e. The van der Waals surface area contributed by atoms with E-state index in [2.05, 4.69) is 10.0 Å². The van der Waals surface area contributed by atoms with Gasteiger partial charge in [-0.25, -0.2) is 17.6 Å². The van der Waals surface area contributed by atoms with Gasteiger partial charge in [0.2, 0.25) is 0 Å². The van der Waals surface area contributed by atoms with Crippen LogP contribution in [-0.4, -0.2) is 34.0 Å². The van der Waals surface area contributed by atoms with Crippen molar-refractivity contribution in [3.63, 3.8) is 0 Å². The second kappa shape index (κ2) is 10.6. The molecule has 0 aromatic heterocycles. The van der Waals surface area contributed by atoms with Gasteiger partial charge in [-0.2, -0.15) is 0 Å². The van der Waals surface area contributed by atoms with E-state index in [1.54, 1.807) is 24.3 Å². The number of amides is 1. The largest absolute Gasteiger partial charge is 0.496 e. The van der Waals surface area contributed by atoms with Crippen molar-refractivity contribution in [3.8, 4) is 5.75 Å². The first kappa shape index (κ1) is 23.7. The number of ether oxygens (including phenoxy) is 2. The summed E-state index contributed by atoms with van der Waals surface area (Å²) in [6.45, 7) is -0.387. The minimum atomic E-state index is -4.08. The number of benzene rings is 3. The molecule has 0 heterocycles. The first-order chi connectivity index (χ1) is 15.8. The molecule has 0 radical (unpaired) electrons. The minimum Gasteiger partial charge on any atom is -0.496 e. The molecule has 0 saturated heterocycles. The Balaban J connectivity index is 1.62. The van der Waals surface area contributed by atoms with Crippen molar-refractivity contribution in [2.75, 3.05) is 18.4 Å². The van der Waals surface area contributed by atoms with Gasteiger partial charge in [-0.3, -0.25) is 9.52 Å². The van der Waals surface area contributed by atoms with Crippen molar-refractivity contribution >= 4 is 27.6 Å². The number of hydrogen-bond acceptors (Lipinski definition) is 6. The van der Waals surface area contributed by atoms with Gasteiger partial charge in [-0.1, -0.05) is 30.3 Å². The average Bonchev–Trinajstić information content (AvgIpc) is 2.81. The van der Waals surface area contributed by atoms with Gasteiger partial charge < -0.3 is 14.8 Å². The fourth-order valence-corrected chi connectivity index (χ4v) is 3.95. The first-order valence-electron chi connectivity index (χ1n) is 9.73. The molecular weight excluding hydrogens is 451 g/mol. The van der Waals surface area contributed by atoms with E-state index in [1.165, 1.54) is 31.4 Å². The summed E-state index contributed by atoms with van der Waals surface area (Å²) in [5, 5.41) is 2.62. The Morgan fingerprint density at radius 2 is 1.61 bits per heavy atom. The summed E-state index contributed by atoms with van der Waals surface area (Å²) in [6.07, 6.45) is 0. The highest BCUT2D eigenvalue weighted by atomic mass is 32.2. The fraction of sp³-hybridized carbons (Fsp3) is 0.130. The fourth-order valence-electron chi connectivity index (χ4n) is 2.87. The molecule has 1 amide bonds. The lowest BCUT2D eigenvalue weighted by Gasteiger charge is -2.13. The number of carbonyl (C=O) groups excluding carboxylic acids is 2. The Bertz CT molecular complexity index is 1250. The maximum Gasteiger partial charge on any atom is 0.340 e. The summed E-state index contributed by atoms with van der Waals surface area (Å²) >= 11 is 0. The molecule has 0 atom stereocenters. The highest BCUT2D eigenvalue weighted by molar-refractivity contribution is 7.92. The van der Waals surface area contributed by atoms with Gasteiger partial charge in [0.1, 0.15) is 11.6 Å². The van der Waals surface area contributed by atoms with E-state index in [1.807, 2.05) is 0 Å². The Morgan fingerprint density at radius 3 is 2.33 bits per heavy atom. The third-order valence-corrected chi connectivity index (χ3v) is 5.90. The molecule has 10 heteroatoms. The summed E-state index contributed by atoms with van der Waals surface area (Å²) < 4.78 is 50.8. The van der Waals surface area contributed by atoms with Gasteiger partial charge in [0.25, 0.3) is 15.9 Å². The first-order valence-corrected chi connectivity index (χ1v) is 11.2. The molecule has 3 aromatic rings. The molecular formula is C23H21FN2O6S. The van der Waals surface area contributed by atoms with Crippen LogP contribution in [0.4, 0.5) is 10.1 Å². The lowest BCUT2D eigenvalue weighted by Crippen LogP contribution is -2.28. The number of rotatable bonds is 9. The van der Waals surface area contributed by atoms with Crippen LogP contribution in [0, 0.1) is 5.82 Å². The summed E-state index contributed by atoms with van der Waals surface area (Å²) in [5.74, 6) is -1.41. The minimum absolute atomic E-state index is 0.0405. The predicted molar refractivity (Wildman–Crippen MR) is 119 cm³/mol. The second-order valence-corrected chi connectivity index (χ2v) is 8.45. The third kappa shape index (κ3) is 6.30. The zero-order valence-electron chi connectivity index (χ0n) is 17.6. The monoisotopic (exact) mass is 472 g/mol. The lowest BCUT2D eigenvalue weighted by molar-refractivity contribution is -0.124. The normalized spacial score (nSPS) is 10.8. The van der Waals surface area contributed by atoms with E-state index in [-0.39, 0.29) is 22.7 Å². The molecule has 0 unspecified atom stereocenters. The second-order valence-electron chi connectivity index (χ2n) is 6.77. The number of nitrogens with one attached hydrogen (secondary N) is 2. The van der Waals surface area contributed by atoms with Gasteiger partial charge in [0.15, 0.2) is 6.61 Å². The molecule has 0 aliphatic rings. The zero-order chi connectivity index (χ0) is 23.8. The van der Waals surface area contributed by atoms with Crippen LogP contribution in [0.5, 0.6) is 5.75 Å². The Hall–Kier alpha value is -3.92. The molecule has 2 N–H and O–H groups in total. The van der Waals surface area contributed by atoms with Crippen molar-refractivity contribution in [2.45, 2.75) is 11.4 Å². The van der Waals surface area contributed by atoms with E-state index < -0.39 is 34.3 Å². The molecule has 3 rings (SSSR count). The SMILES string of the molecule is COc1ccccc1CNC(=O)COC(=O)c1ccccc1NS(=O)(=O)c1ccc(F)cc1. The number of hydrogen-bond donors (Lipinski definition) is 2. The van der Waals surface area contributed by atoms with Crippen LogP contribution >= 0.6 is 0 Å². The van der Waals surface area contributed by atoms with Crippen LogP contribution in [0.15, 0.2) is 77.7 Å². The van der Waals surface area contributed by atoms with Gasteiger partial charge >= 0.3 is 5.97 Å². The van der Waals surface area contributed by atoms with E-state index in [9.17, 15) is 22.4 Å². The number of para-hydroxylation sites is 2. The van der Waals surface area contributed by atoms with Crippen molar-refractivity contribution < 1.29 is 31.9 Å². The van der Waals surface area contributed by atoms with E-state index in [0.717, 1.165) is 29.8 Å². The quantitative estimate of drug-likeness (QED) is 0.463. The summed E-state index contributed by atoms with van der Waals surface area (Å²) in [4.78, 5) is 24.4. The Morgan fingerprint density at radius 1 is 0.939 bits per heavy atom. The molecule has 0 spiro atoms. The molecule has 0 aliphatic heterocycles. The number of esters is 1. The van der Waals surface area contributed by atoms with Gasteiger partial charge in [-0.15, -0.1) is 0 Å². The Kier molecular flexibility index (Phi) is 7.62. The zero-order valence-corrected chi connectivity index (χ0v) is 18.4. The van der Waals surface area contributed by atoms with Crippen molar-refractivity contribution in [2.24, 2.45) is 0 Å². The van der Waals surface area contributed by atoms with Crippen LogP contribution in [0.1, 0.15) is 15.9 Å². The number of sulfonamides is 1. The number of halogens is 1. The van der Waals surface area contributed by atoms with E-state index in [0.29, 0.717) is 5.75 Å². The topological polar surface area (TPSA) is 111 Å². The number of carbonyl (C=O) groups is 2. The third-order valence-electron chi connectivity index (χ3n) is 4.52. The van der Waals surface area contributed by atoms with Crippen LogP contribution in [-0.2, 0) is 26.1 Å². The van der Waals surface area contributed by atoms with Crippen molar-refractivity contribution in [1.82, 2.24) is 5.32 Å². The molecule has 0 saturated carbocycles. The highest BCUT2D eigenvalue weighted by Crippen LogP contribution is 2.21. The number of methoxy groups -OCH3 is 1. The van der Waals surface area contributed by atoms with Gasteiger partial charge in [-0.05, 0) is 42.5 Å².